The lowest BCUT2D eigenvalue weighted by Gasteiger charge is -2.43. The molecule has 1 N–H and O–H groups in total. The van der Waals surface area contributed by atoms with Crippen LogP contribution in [-0.2, 0) is 11.3 Å². The molecule has 2 aliphatic heterocycles. The number of hydrogen-bond donors (Lipinski definition) is 1. The number of likely N-dealkylation sites (tertiary alicyclic amines) is 1. The van der Waals surface area contributed by atoms with Crippen molar-refractivity contribution in [2.75, 3.05) is 19.8 Å². The van der Waals surface area contributed by atoms with E-state index in [0.717, 1.165) is 42.9 Å². The second-order valence-electron chi connectivity index (χ2n) is 8.01. The highest BCUT2D eigenvalue weighted by Gasteiger charge is 2.44. The van der Waals surface area contributed by atoms with E-state index in [-0.39, 0.29) is 5.92 Å². The highest BCUT2D eigenvalue weighted by atomic mass is 16.5. The van der Waals surface area contributed by atoms with Crippen molar-refractivity contribution in [3.05, 3.63) is 41.7 Å². The number of aryl methyl sites for hydroxylation is 1. The lowest BCUT2D eigenvalue weighted by Crippen LogP contribution is -2.52. The summed E-state index contributed by atoms with van der Waals surface area (Å²) >= 11 is 0. The maximum Gasteiger partial charge on any atom is 0.151 e. The second-order valence-corrected chi connectivity index (χ2v) is 8.01. The van der Waals surface area contributed by atoms with Gasteiger partial charge < -0.3 is 14.4 Å². The van der Waals surface area contributed by atoms with Crippen LogP contribution in [0.15, 0.2) is 34.9 Å². The Kier molecular flexibility index (Phi) is 4.86. The SMILES string of the molecule is Cc1ccc(-c2cc(CN3CCC[C@@H]3[C@H]3COCC[C@]3(C)O)on2)cc1. The molecule has 5 nitrogen and oxygen atoms in total. The molecule has 0 aliphatic carbocycles. The number of benzene rings is 1. The summed E-state index contributed by atoms with van der Waals surface area (Å²) in [6.07, 6.45) is 2.96. The third-order valence-corrected chi connectivity index (χ3v) is 5.99. The monoisotopic (exact) mass is 356 g/mol. The topological polar surface area (TPSA) is 58.7 Å². The van der Waals surface area contributed by atoms with E-state index in [9.17, 15) is 5.11 Å². The van der Waals surface area contributed by atoms with Gasteiger partial charge in [-0.15, -0.1) is 0 Å². The highest BCUT2D eigenvalue weighted by molar-refractivity contribution is 5.59. The molecule has 5 heteroatoms. The van der Waals surface area contributed by atoms with E-state index in [1.54, 1.807) is 0 Å². The molecule has 2 aromatic rings. The van der Waals surface area contributed by atoms with Crippen LogP contribution in [-0.4, -0.2) is 46.6 Å². The summed E-state index contributed by atoms with van der Waals surface area (Å²) in [7, 11) is 0. The molecular weight excluding hydrogens is 328 g/mol. The van der Waals surface area contributed by atoms with Gasteiger partial charge >= 0.3 is 0 Å². The average Bonchev–Trinajstić information content (AvgIpc) is 3.25. The lowest BCUT2D eigenvalue weighted by atomic mass is 9.79. The van der Waals surface area contributed by atoms with Crippen LogP contribution in [0.2, 0.25) is 0 Å². The van der Waals surface area contributed by atoms with Gasteiger partial charge in [-0.05, 0) is 39.7 Å². The van der Waals surface area contributed by atoms with Gasteiger partial charge in [-0.25, -0.2) is 0 Å². The predicted molar refractivity (Wildman–Crippen MR) is 99.7 cm³/mol. The third kappa shape index (κ3) is 3.56. The van der Waals surface area contributed by atoms with E-state index in [2.05, 4.69) is 41.2 Å². The van der Waals surface area contributed by atoms with Gasteiger partial charge in [-0.3, -0.25) is 4.90 Å². The maximum absolute atomic E-state index is 10.8. The number of aliphatic hydroxyl groups is 1. The number of hydrogen-bond acceptors (Lipinski definition) is 5. The molecule has 3 atom stereocenters. The van der Waals surface area contributed by atoms with Gasteiger partial charge in [0.05, 0.1) is 18.8 Å². The molecule has 2 aliphatic rings. The van der Waals surface area contributed by atoms with Crippen molar-refractivity contribution in [2.24, 2.45) is 5.92 Å². The molecule has 3 heterocycles. The van der Waals surface area contributed by atoms with E-state index >= 15 is 0 Å². The van der Waals surface area contributed by atoms with Crippen LogP contribution in [0.5, 0.6) is 0 Å². The number of aromatic nitrogens is 1. The van der Waals surface area contributed by atoms with Gasteiger partial charge in [0.1, 0.15) is 5.69 Å². The zero-order valence-electron chi connectivity index (χ0n) is 15.6. The molecule has 0 spiro atoms. The molecule has 2 saturated heterocycles. The highest BCUT2D eigenvalue weighted by Crippen LogP contribution is 2.36. The summed E-state index contributed by atoms with van der Waals surface area (Å²) in [5.41, 5.74) is 2.54. The van der Waals surface area contributed by atoms with Crippen LogP contribution in [0.4, 0.5) is 0 Å². The Morgan fingerprint density at radius 1 is 1.31 bits per heavy atom. The fraction of sp³-hybridized carbons (Fsp3) is 0.571. The Bertz CT molecular complexity index is 738. The van der Waals surface area contributed by atoms with Crippen LogP contribution in [0.1, 0.15) is 37.5 Å². The van der Waals surface area contributed by atoms with Crippen molar-refractivity contribution >= 4 is 0 Å². The van der Waals surface area contributed by atoms with Crippen molar-refractivity contribution < 1.29 is 14.4 Å². The van der Waals surface area contributed by atoms with Gasteiger partial charge in [0.25, 0.3) is 0 Å². The van der Waals surface area contributed by atoms with E-state index < -0.39 is 5.60 Å². The Balaban J connectivity index is 1.47. The molecule has 140 valence electrons. The number of nitrogens with zero attached hydrogens (tertiary/aromatic N) is 2. The standard InChI is InChI=1S/C21H28N2O3/c1-15-5-7-16(8-6-15)19-12-17(26-22-19)13-23-10-3-4-20(23)18-14-25-11-9-21(18,2)24/h5-8,12,18,20,24H,3-4,9-11,13-14H2,1-2H3/t18-,20-,21+/m1/s1. The molecule has 0 amide bonds. The summed E-state index contributed by atoms with van der Waals surface area (Å²) in [6.45, 7) is 7.08. The summed E-state index contributed by atoms with van der Waals surface area (Å²) in [5, 5.41) is 15.1. The minimum atomic E-state index is -0.653. The molecule has 4 rings (SSSR count). The summed E-state index contributed by atoms with van der Waals surface area (Å²) < 4.78 is 11.3. The number of rotatable bonds is 4. The molecule has 1 aromatic heterocycles. The summed E-state index contributed by atoms with van der Waals surface area (Å²) in [4.78, 5) is 2.42. The van der Waals surface area contributed by atoms with Gasteiger partial charge in [-0.2, -0.15) is 0 Å². The first kappa shape index (κ1) is 17.7. The summed E-state index contributed by atoms with van der Waals surface area (Å²) in [5.74, 6) is 1.03. The Hall–Kier alpha value is -1.69. The Morgan fingerprint density at radius 3 is 2.88 bits per heavy atom. The fourth-order valence-corrected chi connectivity index (χ4v) is 4.33. The fourth-order valence-electron chi connectivity index (χ4n) is 4.33. The smallest absolute Gasteiger partial charge is 0.151 e. The van der Waals surface area contributed by atoms with E-state index in [4.69, 9.17) is 9.26 Å². The Labute approximate surface area is 154 Å². The van der Waals surface area contributed by atoms with E-state index in [0.29, 0.717) is 25.7 Å². The zero-order valence-corrected chi connectivity index (χ0v) is 15.6. The normalized spacial score (nSPS) is 30.0. The lowest BCUT2D eigenvalue weighted by molar-refractivity contribution is -0.124. The van der Waals surface area contributed by atoms with Gasteiger partial charge in [-0.1, -0.05) is 35.0 Å². The van der Waals surface area contributed by atoms with Crippen LogP contribution in [0, 0.1) is 12.8 Å². The minimum Gasteiger partial charge on any atom is -0.390 e. The minimum absolute atomic E-state index is 0.151. The molecule has 1 aromatic carbocycles. The first-order chi connectivity index (χ1) is 12.5. The molecule has 26 heavy (non-hydrogen) atoms. The largest absolute Gasteiger partial charge is 0.390 e. The summed E-state index contributed by atoms with van der Waals surface area (Å²) in [6, 6.07) is 10.7. The molecular formula is C21H28N2O3. The molecule has 0 bridgehead atoms. The van der Waals surface area contributed by atoms with Crippen molar-refractivity contribution in [2.45, 2.75) is 51.3 Å². The van der Waals surface area contributed by atoms with Crippen molar-refractivity contribution in [1.82, 2.24) is 10.1 Å². The first-order valence-electron chi connectivity index (χ1n) is 9.60. The average molecular weight is 356 g/mol. The van der Waals surface area contributed by atoms with Gasteiger partial charge in [0, 0.05) is 30.2 Å². The Morgan fingerprint density at radius 2 is 2.12 bits per heavy atom. The van der Waals surface area contributed by atoms with E-state index in [1.165, 1.54) is 5.56 Å². The van der Waals surface area contributed by atoms with Crippen LogP contribution < -0.4 is 0 Å². The van der Waals surface area contributed by atoms with Crippen molar-refractivity contribution in [1.29, 1.82) is 0 Å². The third-order valence-electron chi connectivity index (χ3n) is 5.99. The second kappa shape index (κ2) is 7.14. The van der Waals surface area contributed by atoms with Crippen molar-refractivity contribution in [3.8, 4) is 11.3 Å². The molecule has 2 fully saturated rings. The van der Waals surface area contributed by atoms with Crippen LogP contribution >= 0.6 is 0 Å². The van der Waals surface area contributed by atoms with Crippen molar-refractivity contribution in [3.63, 3.8) is 0 Å². The van der Waals surface area contributed by atoms with Crippen LogP contribution in [0.25, 0.3) is 11.3 Å². The number of ether oxygens (including phenoxy) is 1. The first-order valence-corrected chi connectivity index (χ1v) is 9.60. The molecule has 0 saturated carbocycles. The predicted octanol–water partition coefficient (Wildman–Crippen LogP) is 3.40. The van der Waals surface area contributed by atoms with Crippen LogP contribution in [0.3, 0.4) is 0 Å². The van der Waals surface area contributed by atoms with E-state index in [1.807, 2.05) is 13.0 Å². The van der Waals surface area contributed by atoms with Gasteiger partial charge in [0.2, 0.25) is 0 Å². The quantitative estimate of drug-likeness (QED) is 0.910. The molecule has 0 unspecified atom stereocenters. The zero-order chi connectivity index (χ0) is 18.1. The molecule has 0 radical (unpaired) electrons. The maximum atomic E-state index is 10.8. The van der Waals surface area contributed by atoms with Gasteiger partial charge in [0.15, 0.2) is 5.76 Å².